The van der Waals surface area contributed by atoms with Crippen molar-refractivity contribution >= 4 is 42.3 Å². The summed E-state index contributed by atoms with van der Waals surface area (Å²) in [6.07, 6.45) is 0. The van der Waals surface area contributed by atoms with Crippen molar-refractivity contribution in [3.8, 4) is 0 Å². The van der Waals surface area contributed by atoms with E-state index in [0.717, 1.165) is 0 Å². The van der Waals surface area contributed by atoms with Crippen molar-refractivity contribution in [2.75, 3.05) is 0 Å². The van der Waals surface area contributed by atoms with Crippen molar-refractivity contribution in [2.24, 2.45) is 0 Å². The number of rotatable bonds is 0. The molecule has 48 valence electrons. The first-order valence-electron chi connectivity index (χ1n) is 1.33. The summed E-state index contributed by atoms with van der Waals surface area (Å²) >= 11 is 2.83. The molecule has 0 radical (unpaired) electrons. The Morgan fingerprint density at radius 3 is 0.778 bits per heavy atom. The van der Waals surface area contributed by atoms with Gasteiger partial charge in [0.1, 0.15) is 0 Å². The van der Waals surface area contributed by atoms with Crippen LogP contribution in [0.3, 0.4) is 0 Å². The van der Waals surface area contributed by atoms with E-state index in [4.69, 9.17) is 27.5 Å². The number of hydrogen-bond acceptors (Lipinski definition) is 6. The molecule has 0 amide bonds. The van der Waals surface area contributed by atoms with E-state index in [-0.39, 0.29) is 0 Å². The van der Waals surface area contributed by atoms with Crippen LogP contribution in [0.5, 0.6) is 0 Å². The minimum absolute atomic E-state index is 1.42. The molecule has 0 unspecified atom stereocenters. The normalized spacial score (nSPS) is 8.22. The zero-order valence-corrected chi connectivity index (χ0v) is 7.49. The molecule has 0 aromatic rings. The van der Waals surface area contributed by atoms with Gasteiger partial charge in [-0.2, -0.15) is 0 Å². The van der Waals surface area contributed by atoms with Crippen LogP contribution in [-0.4, -0.2) is 50.6 Å². The van der Waals surface area contributed by atoms with Gasteiger partial charge in [0.25, 0.3) is 0 Å². The maximum absolute atomic E-state index is 8.58. The Labute approximate surface area is 70.0 Å². The van der Waals surface area contributed by atoms with Crippen LogP contribution >= 0.6 is 0 Å². The molecule has 0 spiro atoms. The topological polar surface area (TPSA) is 133 Å². The van der Waals surface area contributed by atoms with Crippen molar-refractivity contribution in [2.45, 2.75) is 0 Å². The summed E-state index contributed by atoms with van der Waals surface area (Å²) in [5, 5.41) is 0. The molecule has 0 heterocycles. The zero-order chi connectivity index (χ0) is 8.50. The molecule has 0 aliphatic heterocycles. The summed E-state index contributed by atoms with van der Waals surface area (Å²) in [7, 11) is -5.61. The van der Waals surface area contributed by atoms with Crippen molar-refractivity contribution in [3.05, 3.63) is 0 Å². The van der Waals surface area contributed by atoms with E-state index in [1.54, 1.807) is 0 Å². The molecular weight excluding hydrogens is 178 g/mol. The Morgan fingerprint density at radius 2 is 0.778 bits per heavy atom. The van der Waals surface area contributed by atoms with Crippen molar-refractivity contribution in [1.82, 2.24) is 0 Å². The van der Waals surface area contributed by atoms with Gasteiger partial charge in [0.15, 0.2) is 0 Å². The third kappa shape index (κ3) is 413. The van der Waals surface area contributed by atoms with Crippen molar-refractivity contribution in [3.63, 3.8) is 0 Å². The molecule has 0 aliphatic rings. The van der Waals surface area contributed by atoms with Gasteiger partial charge in [-0.15, -0.1) is 0 Å². The summed E-state index contributed by atoms with van der Waals surface area (Å²) in [6.45, 7) is 0. The van der Waals surface area contributed by atoms with E-state index in [0.29, 0.717) is 0 Å². The van der Waals surface area contributed by atoms with Crippen molar-refractivity contribution in [1.29, 1.82) is 0 Å². The van der Waals surface area contributed by atoms with Gasteiger partial charge in [-0.3, -0.25) is 0 Å². The first kappa shape index (κ1) is 16.6. The monoisotopic (exact) mass is 180 g/mol. The number of hydrogen-bond donors (Lipinski definition) is 2. The van der Waals surface area contributed by atoms with E-state index in [2.05, 4.69) is 0 Å². The fourth-order valence-electron chi connectivity index (χ4n) is 0. The van der Waals surface area contributed by atoms with Crippen LogP contribution in [0.1, 0.15) is 0 Å². The molecule has 0 fully saturated rings. The Morgan fingerprint density at radius 1 is 0.778 bits per heavy atom. The molecule has 0 bridgehead atoms. The molecule has 0 saturated heterocycles. The summed E-state index contributed by atoms with van der Waals surface area (Å²) < 4.78 is 13.8. The van der Waals surface area contributed by atoms with Gasteiger partial charge >= 0.3 is 41.6 Å². The molecule has 2 N–H and O–H groups in total. The summed E-state index contributed by atoms with van der Waals surface area (Å²) in [6, 6.07) is 0. The third-order valence-electron chi connectivity index (χ3n) is 0. The predicted octanol–water partition coefficient (Wildman–Crippen LogP) is -7.01. The fourth-order valence-corrected chi connectivity index (χ4v) is 0. The maximum atomic E-state index is 8.58. The van der Waals surface area contributed by atoms with E-state index >= 15 is 0 Å². The molecule has 0 aromatic carbocycles. The standard InChI is InChI=1S/2Al.O4Si.2H2O/c;;1-5(2,3)4;;/h;;;2*1H2/q2*+3;-4;;/p-2. The van der Waals surface area contributed by atoms with Crippen LogP contribution in [0.2, 0.25) is 0 Å². The first-order valence-corrected chi connectivity index (χ1v) is 4.00. The quantitative estimate of drug-likeness (QED) is 0.356. The second-order valence-electron chi connectivity index (χ2n) is 0.500. The average molecular weight is 180 g/mol. The van der Waals surface area contributed by atoms with Gasteiger partial charge in [0.2, 0.25) is 0 Å². The average Bonchev–Trinajstić information content (AvgIpc) is 1.72. The van der Waals surface area contributed by atoms with E-state index < -0.39 is 9.05 Å². The molecule has 0 atom stereocenters. The molecule has 0 saturated carbocycles. The second-order valence-corrected chi connectivity index (χ2v) is 1.50. The summed E-state index contributed by atoms with van der Waals surface area (Å²) in [5.41, 5.74) is 0. The van der Waals surface area contributed by atoms with Gasteiger partial charge in [0, 0.05) is 0 Å². The van der Waals surface area contributed by atoms with Gasteiger partial charge < -0.3 is 28.2 Å². The Balaban J connectivity index is -0.0000000771. The van der Waals surface area contributed by atoms with E-state index in [1.807, 2.05) is 0 Å². The predicted molar refractivity (Wildman–Crippen MR) is 21.7 cm³/mol. The van der Waals surface area contributed by atoms with Crippen LogP contribution in [0.15, 0.2) is 0 Å². The van der Waals surface area contributed by atoms with Crippen LogP contribution in [0.4, 0.5) is 0 Å². The van der Waals surface area contributed by atoms with Crippen LogP contribution in [0.25, 0.3) is 0 Å². The van der Waals surface area contributed by atoms with E-state index in [9.17, 15) is 0 Å². The Hall–Kier alpha value is 1.04. The molecule has 6 nitrogen and oxygen atoms in total. The zero-order valence-electron chi connectivity index (χ0n) is 4.18. The van der Waals surface area contributed by atoms with Crippen LogP contribution < -0.4 is 19.2 Å². The van der Waals surface area contributed by atoms with Crippen LogP contribution in [0, 0.1) is 0 Å². The molecule has 0 aromatic heterocycles. The molecular formula is H2Al2O6Si. The van der Waals surface area contributed by atoms with Gasteiger partial charge in [-0.25, -0.2) is 0 Å². The third-order valence-corrected chi connectivity index (χ3v) is 0. The fraction of sp³-hybridized carbons (Fsp3) is 0. The SMILES string of the molecule is [O-][Si]([O-])([O-])[O-].[OH][Al+2].[OH][Al+2]. The second kappa shape index (κ2) is 11.8. The van der Waals surface area contributed by atoms with Crippen molar-refractivity contribution < 1.29 is 27.5 Å². The van der Waals surface area contributed by atoms with Crippen LogP contribution in [-0.2, 0) is 0 Å². The minimum atomic E-state index is -5.61. The summed E-state index contributed by atoms with van der Waals surface area (Å²) in [4.78, 5) is 34.3. The molecule has 9 heteroatoms. The summed E-state index contributed by atoms with van der Waals surface area (Å²) in [5.74, 6) is 0. The molecule has 0 aliphatic carbocycles. The van der Waals surface area contributed by atoms with E-state index in [1.165, 1.54) is 33.2 Å². The molecule has 9 heavy (non-hydrogen) atoms. The Kier molecular flexibility index (Phi) is 21.7. The Bertz CT molecular complexity index is 26.5. The molecule has 0 rings (SSSR count). The van der Waals surface area contributed by atoms with Gasteiger partial charge in [-0.1, -0.05) is 0 Å². The van der Waals surface area contributed by atoms with Gasteiger partial charge in [-0.05, 0) is 0 Å². The van der Waals surface area contributed by atoms with Gasteiger partial charge in [0.05, 0.1) is 0 Å². The first-order chi connectivity index (χ1) is 4.00.